The van der Waals surface area contributed by atoms with Gasteiger partial charge in [-0.2, -0.15) is 5.10 Å². The van der Waals surface area contributed by atoms with Crippen molar-refractivity contribution in [3.8, 4) is 0 Å². The van der Waals surface area contributed by atoms with Gasteiger partial charge in [-0.15, -0.1) is 0 Å². The molecule has 130 valence electrons. The van der Waals surface area contributed by atoms with Gasteiger partial charge < -0.3 is 15.6 Å². The molecule has 1 aliphatic rings. The van der Waals surface area contributed by atoms with Crippen molar-refractivity contribution in [2.45, 2.75) is 24.9 Å². The van der Waals surface area contributed by atoms with E-state index >= 15 is 0 Å². The van der Waals surface area contributed by atoms with Crippen molar-refractivity contribution in [2.75, 3.05) is 13.1 Å². The number of amides is 1. The van der Waals surface area contributed by atoms with E-state index in [4.69, 9.17) is 0 Å². The molecule has 0 atom stereocenters. The molecule has 8 heteroatoms. The fourth-order valence-electron chi connectivity index (χ4n) is 3.37. The van der Waals surface area contributed by atoms with Crippen LogP contribution >= 0.6 is 0 Å². The number of hydrogen-bond acceptors (Lipinski definition) is 4. The van der Waals surface area contributed by atoms with E-state index in [2.05, 4.69) is 25.7 Å². The summed E-state index contributed by atoms with van der Waals surface area (Å²) in [6.45, 7) is 1.78. The number of aromatic nitrogens is 4. The minimum atomic E-state index is -0.688. The third-order valence-corrected chi connectivity index (χ3v) is 4.71. The lowest BCUT2D eigenvalue weighted by molar-refractivity contribution is -0.132. The Morgan fingerprint density at radius 1 is 1.36 bits per heavy atom. The Balaban J connectivity index is 1.53. The number of rotatable bonds is 4. The number of carbonyl (C=O) groups excluding carboxylic acids is 1. The highest BCUT2D eigenvalue weighted by atomic mass is 19.1. The number of nitrogens with one attached hydrogen (secondary N) is 3. The van der Waals surface area contributed by atoms with Crippen LogP contribution in [0, 0.1) is 5.82 Å². The van der Waals surface area contributed by atoms with Gasteiger partial charge in [-0.25, -0.2) is 9.37 Å². The zero-order chi connectivity index (χ0) is 17.3. The van der Waals surface area contributed by atoms with Gasteiger partial charge in [-0.1, -0.05) is 0 Å². The van der Waals surface area contributed by atoms with E-state index < -0.39 is 5.54 Å². The van der Waals surface area contributed by atoms with Crippen molar-refractivity contribution in [1.82, 2.24) is 30.4 Å². The smallest absolute Gasteiger partial charge is 0.248 e. The lowest BCUT2D eigenvalue weighted by Crippen LogP contribution is -2.54. The van der Waals surface area contributed by atoms with Crippen LogP contribution in [-0.2, 0) is 16.9 Å². The molecule has 1 amide bonds. The fraction of sp³-hybridized carbons (Fsp3) is 0.353. The molecular formula is C17H19FN6O. The van der Waals surface area contributed by atoms with Crippen LogP contribution in [-0.4, -0.2) is 38.7 Å². The average molecular weight is 342 g/mol. The molecule has 0 aliphatic carbocycles. The molecule has 3 N–H and O–H groups in total. The van der Waals surface area contributed by atoms with Crippen LogP contribution in [0.4, 0.5) is 4.39 Å². The van der Waals surface area contributed by atoms with E-state index in [0.717, 1.165) is 13.1 Å². The first-order chi connectivity index (χ1) is 12.2. The Morgan fingerprint density at radius 2 is 2.20 bits per heavy atom. The summed E-state index contributed by atoms with van der Waals surface area (Å²) in [5.41, 5.74) is 0.606. The Kier molecular flexibility index (Phi) is 3.96. The molecule has 4 rings (SSSR count). The molecule has 0 saturated carbocycles. The summed E-state index contributed by atoms with van der Waals surface area (Å²) in [4.78, 5) is 20.4. The summed E-state index contributed by atoms with van der Waals surface area (Å²) >= 11 is 0. The van der Waals surface area contributed by atoms with Crippen LogP contribution in [0.25, 0.3) is 11.0 Å². The number of aromatic amines is 1. The number of nitrogens with zero attached hydrogens (tertiary/aromatic N) is 3. The summed E-state index contributed by atoms with van der Waals surface area (Å²) in [5.74, 6) is 0.196. The Labute approximate surface area is 143 Å². The molecule has 0 unspecified atom stereocenters. The maximum absolute atomic E-state index is 13.3. The van der Waals surface area contributed by atoms with Crippen LogP contribution in [0.1, 0.15) is 18.7 Å². The molecule has 3 aromatic rings. The van der Waals surface area contributed by atoms with Crippen LogP contribution in [0.15, 0.2) is 36.7 Å². The minimum Gasteiger partial charge on any atom is -0.347 e. The van der Waals surface area contributed by atoms with E-state index in [0.29, 0.717) is 29.7 Å². The van der Waals surface area contributed by atoms with Crippen molar-refractivity contribution in [1.29, 1.82) is 0 Å². The molecule has 1 aliphatic heterocycles. The first-order valence-corrected chi connectivity index (χ1v) is 8.31. The standard InChI is InChI=1S/C17H19FN6O/c18-12-2-3-13-14(10-12)23-15(22-13)11-20-16(25)17(4-7-19-8-5-17)24-9-1-6-21-24/h1-3,6,9-10,19H,4-5,7-8,11H2,(H,20,25)(H,22,23). The third kappa shape index (κ3) is 2.89. The second kappa shape index (κ2) is 6.29. The van der Waals surface area contributed by atoms with Crippen molar-refractivity contribution in [2.24, 2.45) is 0 Å². The quantitative estimate of drug-likeness (QED) is 0.667. The van der Waals surface area contributed by atoms with Gasteiger partial charge in [-0.3, -0.25) is 9.48 Å². The number of H-pyrrole nitrogens is 1. The topological polar surface area (TPSA) is 87.6 Å². The Hall–Kier alpha value is -2.74. The highest BCUT2D eigenvalue weighted by Gasteiger charge is 2.41. The van der Waals surface area contributed by atoms with Crippen LogP contribution in [0.3, 0.4) is 0 Å². The summed E-state index contributed by atoms with van der Waals surface area (Å²) < 4.78 is 15.0. The maximum Gasteiger partial charge on any atom is 0.248 e. The lowest BCUT2D eigenvalue weighted by atomic mass is 9.87. The Bertz CT molecular complexity index is 882. The normalized spacial score (nSPS) is 16.8. The largest absolute Gasteiger partial charge is 0.347 e. The van der Waals surface area contributed by atoms with E-state index in [1.165, 1.54) is 12.1 Å². The van der Waals surface area contributed by atoms with Crippen molar-refractivity contribution >= 4 is 16.9 Å². The van der Waals surface area contributed by atoms with Crippen molar-refractivity contribution in [3.05, 3.63) is 48.3 Å². The van der Waals surface area contributed by atoms with Gasteiger partial charge in [0.1, 0.15) is 17.2 Å². The molecular weight excluding hydrogens is 323 g/mol. The summed E-state index contributed by atoms with van der Waals surface area (Å²) in [6.07, 6.45) is 4.86. The predicted molar refractivity (Wildman–Crippen MR) is 90.2 cm³/mol. The summed E-state index contributed by atoms with van der Waals surface area (Å²) in [5, 5.41) is 10.5. The molecule has 25 heavy (non-hydrogen) atoms. The number of hydrogen-bond donors (Lipinski definition) is 3. The molecule has 0 bridgehead atoms. The number of fused-ring (bicyclic) bond motifs is 1. The number of halogens is 1. The van der Waals surface area contributed by atoms with E-state index in [-0.39, 0.29) is 18.3 Å². The molecule has 1 aromatic carbocycles. The number of benzene rings is 1. The first kappa shape index (κ1) is 15.8. The van der Waals surface area contributed by atoms with Gasteiger partial charge in [0.25, 0.3) is 0 Å². The molecule has 3 heterocycles. The van der Waals surface area contributed by atoms with Gasteiger partial charge in [0.2, 0.25) is 5.91 Å². The average Bonchev–Trinajstić information content (AvgIpc) is 3.29. The SMILES string of the molecule is O=C(NCc1nc2ccc(F)cc2[nH]1)C1(n2cccn2)CCNCC1. The Morgan fingerprint density at radius 3 is 2.96 bits per heavy atom. The zero-order valence-electron chi connectivity index (χ0n) is 13.6. The highest BCUT2D eigenvalue weighted by Crippen LogP contribution is 2.27. The monoisotopic (exact) mass is 342 g/mol. The fourth-order valence-corrected chi connectivity index (χ4v) is 3.37. The van der Waals surface area contributed by atoms with E-state index in [9.17, 15) is 9.18 Å². The van der Waals surface area contributed by atoms with Gasteiger partial charge >= 0.3 is 0 Å². The van der Waals surface area contributed by atoms with Crippen molar-refractivity contribution < 1.29 is 9.18 Å². The van der Waals surface area contributed by atoms with Crippen molar-refractivity contribution in [3.63, 3.8) is 0 Å². The van der Waals surface area contributed by atoms with Gasteiger partial charge in [0, 0.05) is 12.4 Å². The van der Waals surface area contributed by atoms with Gasteiger partial charge in [0.05, 0.1) is 17.6 Å². The molecule has 1 saturated heterocycles. The van der Waals surface area contributed by atoms with Gasteiger partial charge in [0.15, 0.2) is 0 Å². The zero-order valence-corrected chi connectivity index (χ0v) is 13.6. The van der Waals surface area contributed by atoms with Crippen LogP contribution < -0.4 is 10.6 Å². The molecule has 0 radical (unpaired) electrons. The minimum absolute atomic E-state index is 0.0793. The lowest BCUT2D eigenvalue weighted by Gasteiger charge is -2.36. The molecule has 1 fully saturated rings. The molecule has 2 aromatic heterocycles. The second-order valence-electron chi connectivity index (χ2n) is 6.26. The van der Waals surface area contributed by atoms with Crippen LogP contribution in [0.5, 0.6) is 0 Å². The third-order valence-electron chi connectivity index (χ3n) is 4.71. The van der Waals surface area contributed by atoms with Crippen LogP contribution in [0.2, 0.25) is 0 Å². The molecule has 0 spiro atoms. The second-order valence-corrected chi connectivity index (χ2v) is 6.26. The van der Waals surface area contributed by atoms with E-state index in [1.807, 2.05) is 12.3 Å². The predicted octanol–water partition coefficient (Wildman–Crippen LogP) is 1.29. The molecule has 7 nitrogen and oxygen atoms in total. The first-order valence-electron chi connectivity index (χ1n) is 8.31. The highest BCUT2D eigenvalue weighted by molar-refractivity contribution is 5.84. The number of imidazole rings is 1. The maximum atomic E-state index is 13.3. The number of piperidine rings is 1. The number of carbonyl (C=O) groups is 1. The van der Waals surface area contributed by atoms with Gasteiger partial charge in [-0.05, 0) is 50.2 Å². The summed E-state index contributed by atoms with van der Waals surface area (Å²) in [7, 11) is 0. The summed E-state index contributed by atoms with van der Waals surface area (Å²) in [6, 6.07) is 6.20. The van der Waals surface area contributed by atoms with E-state index in [1.54, 1.807) is 16.9 Å².